The summed E-state index contributed by atoms with van der Waals surface area (Å²) in [5.41, 5.74) is 1.98. The predicted molar refractivity (Wildman–Crippen MR) is 152 cm³/mol. The molecule has 0 bridgehead atoms. The van der Waals surface area contributed by atoms with Crippen LogP contribution in [0.3, 0.4) is 0 Å². The number of nitrogens with one attached hydrogen (secondary N) is 1. The van der Waals surface area contributed by atoms with Crippen LogP contribution in [0.2, 0.25) is 10.0 Å². The van der Waals surface area contributed by atoms with Crippen LogP contribution in [0.25, 0.3) is 0 Å². The Hall–Kier alpha value is -2.29. The van der Waals surface area contributed by atoms with Crippen molar-refractivity contribution in [3.05, 3.63) is 63.6 Å². The molecule has 1 atom stereocenters. The Morgan fingerprint density at radius 2 is 1.76 bits per heavy atom. The highest BCUT2D eigenvalue weighted by molar-refractivity contribution is 7.92. The van der Waals surface area contributed by atoms with Gasteiger partial charge < -0.3 is 10.2 Å². The number of anilines is 1. The number of hydrogen-bond acceptors (Lipinski definition) is 4. The van der Waals surface area contributed by atoms with Crippen LogP contribution in [0.1, 0.15) is 51.2 Å². The van der Waals surface area contributed by atoms with Gasteiger partial charge in [-0.05, 0) is 55.0 Å². The quantitative estimate of drug-likeness (QED) is 0.348. The molecule has 1 N–H and O–H groups in total. The zero-order chi connectivity index (χ0) is 27.8. The zero-order valence-electron chi connectivity index (χ0n) is 22.1. The number of carbonyl (C=O) groups is 2. The molecule has 2 rings (SSSR count). The van der Waals surface area contributed by atoms with Crippen molar-refractivity contribution in [2.75, 3.05) is 23.7 Å². The van der Waals surface area contributed by atoms with Crippen molar-refractivity contribution in [1.29, 1.82) is 0 Å². The normalized spacial score (nSPS) is 12.3. The number of amides is 2. The van der Waals surface area contributed by atoms with Crippen LogP contribution in [0.4, 0.5) is 5.69 Å². The average molecular weight is 571 g/mol. The molecule has 7 nitrogen and oxygen atoms in total. The zero-order valence-corrected chi connectivity index (χ0v) is 24.5. The van der Waals surface area contributed by atoms with Crippen molar-refractivity contribution >= 4 is 50.7 Å². The van der Waals surface area contributed by atoms with Crippen LogP contribution in [0.5, 0.6) is 0 Å². The molecule has 2 aromatic rings. The van der Waals surface area contributed by atoms with E-state index < -0.39 is 16.1 Å². The average Bonchev–Trinajstić information content (AvgIpc) is 2.82. The highest BCUT2D eigenvalue weighted by atomic mass is 35.5. The highest BCUT2D eigenvalue weighted by Crippen LogP contribution is 2.27. The second-order valence-corrected chi connectivity index (χ2v) is 12.3. The molecular formula is C27H37Cl2N3O4S. The summed E-state index contributed by atoms with van der Waals surface area (Å²) in [6.07, 6.45) is 1.88. The molecule has 0 aliphatic carbocycles. The van der Waals surface area contributed by atoms with E-state index in [1.54, 1.807) is 29.2 Å². The van der Waals surface area contributed by atoms with Gasteiger partial charge in [-0.1, -0.05) is 68.2 Å². The topological polar surface area (TPSA) is 86.8 Å². The third-order valence-corrected chi connectivity index (χ3v) is 7.74. The molecule has 0 saturated carbocycles. The van der Waals surface area contributed by atoms with E-state index in [-0.39, 0.29) is 43.7 Å². The second-order valence-electron chi connectivity index (χ2n) is 9.55. The standard InChI is InChI=1S/C27H37Cl2N3O4S/c1-6-24(27(34)30-17-19(2)3)31(18-21-10-7-8-11-23(21)29)26(33)12-9-15-32(37(5,35)36)25-16-22(28)14-13-20(25)4/h7-8,10-11,13-14,16,19,24H,6,9,12,15,17-18H2,1-5H3,(H,30,34). The van der Waals surface area contributed by atoms with Crippen LogP contribution in [0, 0.1) is 12.8 Å². The minimum absolute atomic E-state index is 0.0596. The molecule has 1 unspecified atom stereocenters. The number of rotatable bonds is 13. The first kappa shape index (κ1) is 30.9. The van der Waals surface area contributed by atoms with Gasteiger partial charge in [-0.2, -0.15) is 0 Å². The summed E-state index contributed by atoms with van der Waals surface area (Å²) >= 11 is 12.5. The van der Waals surface area contributed by atoms with Crippen molar-refractivity contribution in [2.45, 2.75) is 59.5 Å². The summed E-state index contributed by atoms with van der Waals surface area (Å²) in [5.74, 6) is -0.197. The lowest BCUT2D eigenvalue weighted by Gasteiger charge is -2.31. The summed E-state index contributed by atoms with van der Waals surface area (Å²) in [6.45, 7) is 8.46. The molecule has 0 aromatic heterocycles. The summed E-state index contributed by atoms with van der Waals surface area (Å²) < 4.78 is 26.4. The van der Waals surface area contributed by atoms with Crippen molar-refractivity contribution in [2.24, 2.45) is 5.92 Å². The van der Waals surface area contributed by atoms with E-state index in [2.05, 4.69) is 5.32 Å². The van der Waals surface area contributed by atoms with E-state index in [1.807, 2.05) is 45.9 Å². The molecule has 10 heteroatoms. The molecule has 0 fully saturated rings. The molecule has 37 heavy (non-hydrogen) atoms. The van der Waals surface area contributed by atoms with Crippen LogP contribution in [-0.4, -0.2) is 50.5 Å². The lowest BCUT2D eigenvalue weighted by atomic mass is 10.1. The smallest absolute Gasteiger partial charge is 0.242 e. The summed E-state index contributed by atoms with van der Waals surface area (Å²) in [5, 5.41) is 3.87. The van der Waals surface area contributed by atoms with Crippen molar-refractivity contribution in [3.63, 3.8) is 0 Å². The minimum Gasteiger partial charge on any atom is -0.354 e. The maximum Gasteiger partial charge on any atom is 0.242 e. The van der Waals surface area contributed by atoms with E-state index in [4.69, 9.17) is 23.2 Å². The third kappa shape index (κ3) is 9.20. The van der Waals surface area contributed by atoms with Gasteiger partial charge in [0, 0.05) is 36.1 Å². The van der Waals surface area contributed by atoms with E-state index in [1.165, 1.54) is 4.31 Å². The van der Waals surface area contributed by atoms with Crippen molar-refractivity contribution in [3.8, 4) is 0 Å². The Balaban J connectivity index is 2.25. The summed E-state index contributed by atoms with van der Waals surface area (Å²) in [4.78, 5) is 28.1. The maximum atomic E-state index is 13.5. The van der Waals surface area contributed by atoms with E-state index >= 15 is 0 Å². The maximum absolute atomic E-state index is 13.5. The van der Waals surface area contributed by atoms with Gasteiger partial charge in [0.2, 0.25) is 21.8 Å². The van der Waals surface area contributed by atoms with Crippen LogP contribution in [-0.2, 0) is 26.2 Å². The molecular weight excluding hydrogens is 533 g/mol. The van der Waals surface area contributed by atoms with Gasteiger partial charge in [0.15, 0.2) is 0 Å². The molecule has 0 saturated heterocycles. The fourth-order valence-corrected chi connectivity index (χ4v) is 5.36. The molecule has 0 radical (unpaired) electrons. The number of benzene rings is 2. The van der Waals surface area contributed by atoms with Gasteiger partial charge in [0.25, 0.3) is 0 Å². The summed E-state index contributed by atoms with van der Waals surface area (Å²) in [7, 11) is -3.61. The highest BCUT2D eigenvalue weighted by Gasteiger charge is 2.29. The first-order valence-electron chi connectivity index (χ1n) is 12.4. The molecule has 2 amide bonds. The first-order chi connectivity index (χ1) is 17.3. The van der Waals surface area contributed by atoms with Gasteiger partial charge in [-0.3, -0.25) is 13.9 Å². The molecule has 2 aromatic carbocycles. The van der Waals surface area contributed by atoms with Gasteiger partial charge >= 0.3 is 0 Å². The van der Waals surface area contributed by atoms with Crippen molar-refractivity contribution < 1.29 is 18.0 Å². The van der Waals surface area contributed by atoms with Crippen molar-refractivity contribution in [1.82, 2.24) is 10.2 Å². The monoisotopic (exact) mass is 569 g/mol. The third-order valence-electron chi connectivity index (χ3n) is 5.96. The van der Waals surface area contributed by atoms with Gasteiger partial charge in [-0.25, -0.2) is 8.42 Å². The lowest BCUT2D eigenvalue weighted by molar-refractivity contribution is -0.141. The molecule has 0 aliphatic rings. The number of aryl methyl sites for hydroxylation is 1. The number of sulfonamides is 1. The number of hydrogen-bond donors (Lipinski definition) is 1. The Bertz CT molecular complexity index is 1190. The van der Waals surface area contributed by atoms with Crippen LogP contribution >= 0.6 is 23.2 Å². The SMILES string of the molecule is CCC(C(=O)NCC(C)C)N(Cc1ccccc1Cl)C(=O)CCCN(c1cc(Cl)ccc1C)S(C)(=O)=O. The summed E-state index contributed by atoms with van der Waals surface area (Å²) in [6, 6.07) is 11.6. The van der Waals surface area contributed by atoms with E-state index in [9.17, 15) is 18.0 Å². The fraction of sp³-hybridized carbons (Fsp3) is 0.481. The largest absolute Gasteiger partial charge is 0.354 e. The number of nitrogens with zero attached hydrogens (tertiary/aromatic N) is 2. The molecule has 0 aliphatic heterocycles. The Morgan fingerprint density at radius 3 is 2.35 bits per heavy atom. The second kappa shape index (κ2) is 14.0. The molecule has 204 valence electrons. The number of carbonyl (C=O) groups excluding carboxylic acids is 2. The van der Waals surface area contributed by atoms with E-state index in [0.717, 1.165) is 17.4 Å². The first-order valence-corrected chi connectivity index (χ1v) is 15.0. The Labute approximate surface area is 231 Å². The Kier molecular flexibility index (Phi) is 11.7. The van der Waals surface area contributed by atoms with Gasteiger partial charge in [0.1, 0.15) is 6.04 Å². The number of halogens is 2. The van der Waals surface area contributed by atoms with Gasteiger partial charge in [0.05, 0.1) is 11.9 Å². The van der Waals surface area contributed by atoms with Crippen LogP contribution < -0.4 is 9.62 Å². The Morgan fingerprint density at radius 1 is 1.08 bits per heavy atom. The fourth-order valence-electron chi connectivity index (χ4n) is 3.99. The minimum atomic E-state index is -3.61. The molecule has 0 spiro atoms. The van der Waals surface area contributed by atoms with Crippen LogP contribution in [0.15, 0.2) is 42.5 Å². The van der Waals surface area contributed by atoms with Gasteiger partial charge in [-0.15, -0.1) is 0 Å². The lowest BCUT2D eigenvalue weighted by Crippen LogP contribution is -2.49. The predicted octanol–water partition coefficient (Wildman–Crippen LogP) is 5.43. The van der Waals surface area contributed by atoms with E-state index in [0.29, 0.717) is 28.7 Å². The molecule has 0 heterocycles.